The van der Waals surface area contributed by atoms with Crippen molar-refractivity contribution in [3.8, 4) is 0 Å². The van der Waals surface area contributed by atoms with Crippen LogP contribution in [0.2, 0.25) is 0 Å². The predicted molar refractivity (Wildman–Crippen MR) is 79.4 cm³/mol. The molecule has 1 saturated carbocycles. The Bertz CT molecular complexity index is 485. The van der Waals surface area contributed by atoms with Crippen LogP contribution in [0.25, 0.3) is 0 Å². The second-order valence-electron chi connectivity index (χ2n) is 5.93. The molecule has 4 heteroatoms. The zero-order valence-corrected chi connectivity index (χ0v) is 13.0. The van der Waals surface area contributed by atoms with Gasteiger partial charge in [0.15, 0.2) is 0 Å². The summed E-state index contributed by atoms with van der Waals surface area (Å²) in [5, 5.41) is 12.5. The molecule has 2 rings (SSSR count). The lowest BCUT2D eigenvalue weighted by Gasteiger charge is -2.28. The van der Waals surface area contributed by atoms with E-state index in [2.05, 4.69) is 35.1 Å². The van der Waals surface area contributed by atoms with E-state index >= 15 is 0 Å². The van der Waals surface area contributed by atoms with Gasteiger partial charge >= 0.3 is 5.97 Å². The maximum atomic E-state index is 10.9. The fraction of sp³-hybridized carbons (Fsp3) is 0.533. The van der Waals surface area contributed by atoms with Crippen molar-refractivity contribution in [1.29, 1.82) is 0 Å². The molecule has 1 unspecified atom stereocenters. The summed E-state index contributed by atoms with van der Waals surface area (Å²) in [6.45, 7) is 5.38. The molecule has 0 bridgehead atoms. The highest BCUT2D eigenvalue weighted by Crippen LogP contribution is 2.37. The van der Waals surface area contributed by atoms with E-state index in [9.17, 15) is 4.79 Å². The number of hydrogen-bond donors (Lipinski definition) is 2. The van der Waals surface area contributed by atoms with Crippen LogP contribution in [0.3, 0.4) is 0 Å². The number of hydrogen-bond acceptors (Lipinski definition) is 2. The maximum absolute atomic E-state index is 10.9. The van der Waals surface area contributed by atoms with Gasteiger partial charge in [-0.1, -0.05) is 42.3 Å². The molecule has 1 atom stereocenters. The molecule has 1 aliphatic rings. The Morgan fingerprint density at radius 2 is 2.26 bits per heavy atom. The Kier molecular flexibility index (Phi) is 4.31. The van der Waals surface area contributed by atoms with Gasteiger partial charge < -0.3 is 10.4 Å². The molecule has 1 fully saturated rings. The van der Waals surface area contributed by atoms with Crippen molar-refractivity contribution in [2.24, 2.45) is 5.41 Å². The number of carboxylic acids is 1. The Labute approximate surface area is 122 Å². The summed E-state index contributed by atoms with van der Waals surface area (Å²) in [4.78, 5) is 10.9. The molecule has 1 aromatic carbocycles. The van der Waals surface area contributed by atoms with Crippen molar-refractivity contribution in [3.05, 3.63) is 33.8 Å². The number of carbonyl (C=O) groups is 1. The van der Waals surface area contributed by atoms with Crippen molar-refractivity contribution in [3.63, 3.8) is 0 Å². The minimum absolute atomic E-state index is 0.317. The van der Waals surface area contributed by atoms with Crippen molar-refractivity contribution < 1.29 is 9.90 Å². The van der Waals surface area contributed by atoms with Gasteiger partial charge in [0, 0.05) is 17.1 Å². The van der Waals surface area contributed by atoms with Crippen molar-refractivity contribution in [1.82, 2.24) is 5.32 Å². The molecular formula is C15H20BrNO2. The van der Waals surface area contributed by atoms with Crippen LogP contribution in [0, 0.1) is 5.41 Å². The SMILES string of the molecule is CC1(C)CCCC1NCc1ccc(C(=O)O)cc1Br. The molecular weight excluding hydrogens is 306 g/mol. The van der Waals surface area contributed by atoms with Crippen LogP contribution in [0.1, 0.15) is 49.0 Å². The van der Waals surface area contributed by atoms with Crippen molar-refractivity contribution >= 4 is 21.9 Å². The Morgan fingerprint density at radius 3 is 2.79 bits per heavy atom. The lowest BCUT2D eigenvalue weighted by molar-refractivity contribution is 0.0697. The Hall–Kier alpha value is -0.870. The van der Waals surface area contributed by atoms with E-state index in [0.29, 0.717) is 17.0 Å². The number of aromatic carboxylic acids is 1. The topological polar surface area (TPSA) is 49.3 Å². The first-order valence-electron chi connectivity index (χ1n) is 6.65. The van der Waals surface area contributed by atoms with Gasteiger partial charge in [-0.3, -0.25) is 0 Å². The van der Waals surface area contributed by atoms with E-state index in [1.165, 1.54) is 19.3 Å². The average molecular weight is 326 g/mol. The fourth-order valence-electron chi connectivity index (χ4n) is 2.76. The zero-order chi connectivity index (χ0) is 14.0. The van der Waals surface area contributed by atoms with Crippen LogP contribution in [-0.4, -0.2) is 17.1 Å². The molecule has 0 amide bonds. The third kappa shape index (κ3) is 3.37. The summed E-state index contributed by atoms with van der Waals surface area (Å²) in [5.41, 5.74) is 1.78. The van der Waals surface area contributed by atoms with Gasteiger partial charge in [-0.2, -0.15) is 0 Å². The van der Waals surface area contributed by atoms with Crippen LogP contribution in [0.15, 0.2) is 22.7 Å². The van der Waals surface area contributed by atoms with Gasteiger partial charge in [-0.25, -0.2) is 4.79 Å². The van der Waals surface area contributed by atoms with Crippen LogP contribution in [0.5, 0.6) is 0 Å². The van der Waals surface area contributed by atoms with Crippen molar-refractivity contribution in [2.45, 2.75) is 45.7 Å². The van der Waals surface area contributed by atoms with E-state index < -0.39 is 5.97 Å². The van der Waals surface area contributed by atoms with Crippen LogP contribution >= 0.6 is 15.9 Å². The van der Waals surface area contributed by atoms with Gasteiger partial charge in [0.25, 0.3) is 0 Å². The second kappa shape index (κ2) is 5.63. The van der Waals surface area contributed by atoms with E-state index in [4.69, 9.17) is 5.11 Å². The maximum Gasteiger partial charge on any atom is 0.335 e. The standard InChI is InChI=1S/C15H20BrNO2/c1-15(2)7-3-4-13(15)17-9-11-6-5-10(14(18)19)8-12(11)16/h5-6,8,13,17H,3-4,7,9H2,1-2H3,(H,18,19). The highest BCUT2D eigenvalue weighted by molar-refractivity contribution is 9.10. The lowest BCUT2D eigenvalue weighted by atomic mass is 9.87. The monoisotopic (exact) mass is 325 g/mol. The third-order valence-corrected chi connectivity index (χ3v) is 4.83. The van der Waals surface area contributed by atoms with Gasteiger partial charge in [-0.05, 0) is 36.0 Å². The average Bonchev–Trinajstić information content (AvgIpc) is 2.66. The summed E-state index contributed by atoms with van der Waals surface area (Å²) in [5.74, 6) is -0.892. The minimum atomic E-state index is -0.892. The number of halogens is 1. The molecule has 0 radical (unpaired) electrons. The Balaban J connectivity index is 2.02. The summed E-state index contributed by atoms with van der Waals surface area (Å²) in [6.07, 6.45) is 3.77. The molecule has 0 saturated heterocycles. The molecule has 19 heavy (non-hydrogen) atoms. The predicted octanol–water partition coefficient (Wildman–Crippen LogP) is 3.82. The summed E-state index contributed by atoms with van der Waals surface area (Å²) >= 11 is 3.45. The summed E-state index contributed by atoms with van der Waals surface area (Å²) < 4.78 is 0.857. The first-order chi connectivity index (χ1) is 8.90. The van der Waals surface area contributed by atoms with Crippen molar-refractivity contribution in [2.75, 3.05) is 0 Å². The van der Waals surface area contributed by atoms with E-state index in [0.717, 1.165) is 16.6 Å². The van der Waals surface area contributed by atoms with E-state index in [-0.39, 0.29) is 0 Å². The second-order valence-corrected chi connectivity index (χ2v) is 6.78. The molecule has 104 valence electrons. The molecule has 0 aromatic heterocycles. The molecule has 3 nitrogen and oxygen atoms in total. The first-order valence-corrected chi connectivity index (χ1v) is 7.44. The van der Waals surface area contributed by atoms with Gasteiger partial charge in [0.2, 0.25) is 0 Å². The highest BCUT2D eigenvalue weighted by Gasteiger charge is 2.33. The summed E-state index contributed by atoms with van der Waals surface area (Å²) in [7, 11) is 0. The molecule has 2 N–H and O–H groups in total. The largest absolute Gasteiger partial charge is 0.478 e. The molecule has 0 heterocycles. The highest BCUT2D eigenvalue weighted by atomic mass is 79.9. The normalized spacial score (nSPS) is 21.5. The molecule has 0 aliphatic heterocycles. The van der Waals surface area contributed by atoms with E-state index in [1.54, 1.807) is 12.1 Å². The van der Waals surface area contributed by atoms with Crippen LogP contribution in [0.4, 0.5) is 0 Å². The van der Waals surface area contributed by atoms with Crippen LogP contribution < -0.4 is 5.32 Å². The first kappa shape index (κ1) is 14.5. The fourth-order valence-corrected chi connectivity index (χ4v) is 3.28. The number of rotatable bonds is 4. The van der Waals surface area contributed by atoms with E-state index in [1.807, 2.05) is 6.07 Å². The molecule has 0 spiro atoms. The number of nitrogens with one attached hydrogen (secondary N) is 1. The lowest BCUT2D eigenvalue weighted by Crippen LogP contribution is -2.37. The quantitative estimate of drug-likeness (QED) is 0.884. The Morgan fingerprint density at radius 1 is 1.53 bits per heavy atom. The van der Waals surface area contributed by atoms with Gasteiger partial charge in [-0.15, -0.1) is 0 Å². The number of carboxylic acid groups (broad SMARTS) is 1. The molecule has 1 aromatic rings. The zero-order valence-electron chi connectivity index (χ0n) is 11.4. The molecule has 1 aliphatic carbocycles. The third-order valence-electron chi connectivity index (χ3n) is 4.10. The number of benzene rings is 1. The smallest absolute Gasteiger partial charge is 0.335 e. The van der Waals surface area contributed by atoms with Gasteiger partial charge in [0.05, 0.1) is 5.56 Å². The summed E-state index contributed by atoms with van der Waals surface area (Å²) in [6, 6.07) is 5.74. The minimum Gasteiger partial charge on any atom is -0.478 e. The van der Waals surface area contributed by atoms with Crippen LogP contribution in [-0.2, 0) is 6.54 Å². The van der Waals surface area contributed by atoms with Gasteiger partial charge in [0.1, 0.15) is 0 Å².